The second-order valence-electron chi connectivity index (χ2n) is 4.80. The molecule has 0 spiro atoms. The Hall–Kier alpha value is -2.88. The summed E-state index contributed by atoms with van der Waals surface area (Å²) in [6.45, 7) is 2.21. The van der Waals surface area contributed by atoms with E-state index in [9.17, 15) is 4.79 Å². The number of nitrogens with one attached hydrogen (secondary N) is 2. The van der Waals surface area contributed by atoms with Crippen molar-refractivity contribution in [1.29, 1.82) is 0 Å². The fraction of sp³-hybridized carbons (Fsp3) is 0.111. The number of hydrogen-bond donors (Lipinski definition) is 2. The summed E-state index contributed by atoms with van der Waals surface area (Å²) in [5.41, 5.74) is 5.65. The zero-order chi connectivity index (χ0) is 15.6. The summed E-state index contributed by atoms with van der Waals surface area (Å²) in [6.07, 6.45) is 5.25. The molecule has 4 nitrogen and oxygen atoms in total. The summed E-state index contributed by atoms with van der Waals surface area (Å²) in [7, 11) is 0. The molecule has 0 saturated carbocycles. The first-order valence-corrected chi connectivity index (χ1v) is 7.08. The molecular formula is C18H19N3O. The van der Waals surface area contributed by atoms with Gasteiger partial charge in [0.15, 0.2) is 0 Å². The Kier molecular flexibility index (Phi) is 5.93. The Balaban J connectivity index is 1.70. The number of allylic oxidation sites excluding steroid dienone is 1. The predicted octanol–water partition coefficient (Wildman–Crippen LogP) is 3.22. The number of carbonyl (C=O) groups is 1. The molecule has 0 unspecified atom stereocenters. The van der Waals surface area contributed by atoms with Crippen molar-refractivity contribution < 1.29 is 4.79 Å². The van der Waals surface area contributed by atoms with Gasteiger partial charge in [-0.05, 0) is 30.7 Å². The molecule has 0 radical (unpaired) electrons. The lowest BCUT2D eigenvalue weighted by molar-refractivity contribution is -0.119. The van der Waals surface area contributed by atoms with Crippen LogP contribution in [0.4, 0.5) is 5.69 Å². The average molecular weight is 293 g/mol. The highest BCUT2D eigenvalue weighted by atomic mass is 16.2. The SMILES string of the molecule is Cc1ccc(NCC(=O)NN=CC=Cc2ccccc2)cc1. The van der Waals surface area contributed by atoms with Crippen LogP contribution in [0, 0.1) is 6.92 Å². The highest BCUT2D eigenvalue weighted by Crippen LogP contribution is 2.07. The number of anilines is 1. The fourth-order valence-electron chi connectivity index (χ4n) is 1.76. The number of nitrogens with zero attached hydrogens (tertiary/aromatic N) is 1. The Morgan fingerprint density at radius 3 is 2.55 bits per heavy atom. The largest absolute Gasteiger partial charge is 0.376 e. The number of carbonyl (C=O) groups excluding carboxylic acids is 1. The van der Waals surface area contributed by atoms with Gasteiger partial charge in [0.05, 0.1) is 6.54 Å². The quantitative estimate of drug-likeness (QED) is 0.634. The van der Waals surface area contributed by atoms with Crippen molar-refractivity contribution in [3.63, 3.8) is 0 Å². The highest BCUT2D eigenvalue weighted by Gasteiger charge is 1.98. The number of hydrazone groups is 1. The van der Waals surface area contributed by atoms with Crippen molar-refractivity contribution in [3.8, 4) is 0 Å². The molecule has 0 saturated heterocycles. The Morgan fingerprint density at radius 1 is 1.09 bits per heavy atom. The van der Waals surface area contributed by atoms with Crippen LogP contribution in [0.5, 0.6) is 0 Å². The van der Waals surface area contributed by atoms with Gasteiger partial charge >= 0.3 is 0 Å². The number of amides is 1. The molecule has 1 amide bonds. The standard InChI is InChI=1S/C18H19N3O/c1-15-9-11-17(12-10-15)19-14-18(22)21-20-13-5-8-16-6-3-2-4-7-16/h2-13,19H,14H2,1H3,(H,21,22). The molecule has 2 N–H and O–H groups in total. The van der Waals surface area contributed by atoms with Gasteiger partial charge in [0.1, 0.15) is 0 Å². The van der Waals surface area contributed by atoms with E-state index >= 15 is 0 Å². The van der Waals surface area contributed by atoms with E-state index in [1.165, 1.54) is 5.56 Å². The Morgan fingerprint density at radius 2 is 1.82 bits per heavy atom. The van der Waals surface area contributed by atoms with E-state index in [2.05, 4.69) is 15.8 Å². The van der Waals surface area contributed by atoms with Crippen molar-refractivity contribution >= 4 is 23.9 Å². The summed E-state index contributed by atoms with van der Waals surface area (Å²) in [5.74, 6) is -0.190. The van der Waals surface area contributed by atoms with Gasteiger partial charge in [0, 0.05) is 11.9 Å². The molecule has 2 rings (SSSR count). The lowest BCUT2D eigenvalue weighted by Crippen LogP contribution is -2.25. The minimum Gasteiger partial charge on any atom is -0.376 e. The molecule has 0 bridgehead atoms. The second-order valence-corrected chi connectivity index (χ2v) is 4.80. The third-order valence-electron chi connectivity index (χ3n) is 2.94. The van der Waals surface area contributed by atoms with Gasteiger partial charge in [-0.1, -0.05) is 54.1 Å². The molecule has 2 aromatic rings. The summed E-state index contributed by atoms with van der Waals surface area (Å²) >= 11 is 0. The van der Waals surface area contributed by atoms with E-state index in [4.69, 9.17) is 0 Å². The number of aryl methyl sites for hydroxylation is 1. The van der Waals surface area contributed by atoms with E-state index < -0.39 is 0 Å². The predicted molar refractivity (Wildman–Crippen MR) is 91.8 cm³/mol. The van der Waals surface area contributed by atoms with Gasteiger partial charge in [0.25, 0.3) is 5.91 Å². The van der Waals surface area contributed by atoms with Gasteiger partial charge in [-0.2, -0.15) is 5.10 Å². The number of hydrogen-bond acceptors (Lipinski definition) is 3. The van der Waals surface area contributed by atoms with Gasteiger partial charge < -0.3 is 5.32 Å². The molecule has 4 heteroatoms. The molecule has 0 aliphatic rings. The lowest BCUT2D eigenvalue weighted by atomic mass is 10.2. The molecule has 0 aliphatic carbocycles. The average Bonchev–Trinajstić information content (AvgIpc) is 2.55. The molecular weight excluding hydrogens is 274 g/mol. The van der Waals surface area contributed by atoms with Crippen LogP contribution in [0.1, 0.15) is 11.1 Å². The van der Waals surface area contributed by atoms with E-state index in [-0.39, 0.29) is 12.5 Å². The first-order chi connectivity index (χ1) is 10.7. The van der Waals surface area contributed by atoms with Gasteiger partial charge in [-0.3, -0.25) is 4.79 Å². The molecule has 0 fully saturated rings. The molecule has 2 aromatic carbocycles. The van der Waals surface area contributed by atoms with E-state index in [0.29, 0.717) is 0 Å². The molecule has 0 atom stereocenters. The van der Waals surface area contributed by atoms with Crippen LogP contribution in [0.3, 0.4) is 0 Å². The van der Waals surface area contributed by atoms with Crippen LogP contribution >= 0.6 is 0 Å². The zero-order valence-electron chi connectivity index (χ0n) is 12.5. The minimum atomic E-state index is -0.190. The van der Waals surface area contributed by atoms with Crippen LogP contribution < -0.4 is 10.7 Å². The third kappa shape index (κ3) is 5.63. The monoisotopic (exact) mass is 293 g/mol. The topological polar surface area (TPSA) is 53.5 Å². The third-order valence-corrected chi connectivity index (χ3v) is 2.94. The second kappa shape index (κ2) is 8.42. The van der Waals surface area contributed by atoms with Crippen molar-refractivity contribution in [2.24, 2.45) is 5.10 Å². The van der Waals surface area contributed by atoms with E-state index in [1.54, 1.807) is 12.3 Å². The van der Waals surface area contributed by atoms with Gasteiger partial charge in [0.2, 0.25) is 0 Å². The molecule has 0 heterocycles. The first-order valence-electron chi connectivity index (χ1n) is 7.08. The summed E-state index contributed by atoms with van der Waals surface area (Å²) < 4.78 is 0. The summed E-state index contributed by atoms with van der Waals surface area (Å²) in [6, 6.07) is 17.8. The number of benzene rings is 2. The van der Waals surface area contributed by atoms with Gasteiger partial charge in [-0.25, -0.2) is 5.43 Å². The summed E-state index contributed by atoms with van der Waals surface area (Å²) in [4.78, 5) is 11.6. The normalized spacial score (nSPS) is 11.0. The highest BCUT2D eigenvalue weighted by molar-refractivity contribution is 5.83. The maximum atomic E-state index is 11.6. The van der Waals surface area contributed by atoms with Crippen molar-refractivity contribution in [3.05, 3.63) is 71.8 Å². The maximum Gasteiger partial charge on any atom is 0.259 e. The smallest absolute Gasteiger partial charge is 0.259 e. The fourth-order valence-corrected chi connectivity index (χ4v) is 1.76. The summed E-state index contributed by atoms with van der Waals surface area (Å²) in [5, 5.41) is 6.90. The lowest BCUT2D eigenvalue weighted by Gasteiger charge is -2.05. The first kappa shape index (κ1) is 15.5. The van der Waals surface area contributed by atoms with Crippen LogP contribution in [0.2, 0.25) is 0 Å². The maximum absolute atomic E-state index is 11.6. The van der Waals surface area contributed by atoms with E-state index in [0.717, 1.165) is 11.3 Å². The van der Waals surface area contributed by atoms with Gasteiger partial charge in [-0.15, -0.1) is 0 Å². The van der Waals surface area contributed by atoms with Crippen molar-refractivity contribution in [1.82, 2.24) is 5.43 Å². The zero-order valence-corrected chi connectivity index (χ0v) is 12.5. The van der Waals surface area contributed by atoms with Crippen LogP contribution in [-0.4, -0.2) is 18.7 Å². The van der Waals surface area contributed by atoms with Crippen molar-refractivity contribution in [2.75, 3.05) is 11.9 Å². The molecule has 0 aliphatic heterocycles. The minimum absolute atomic E-state index is 0.183. The van der Waals surface area contributed by atoms with Crippen molar-refractivity contribution in [2.45, 2.75) is 6.92 Å². The molecule has 22 heavy (non-hydrogen) atoms. The van der Waals surface area contributed by atoms with Crippen LogP contribution in [0.15, 0.2) is 65.8 Å². The van der Waals surface area contributed by atoms with Crippen LogP contribution in [-0.2, 0) is 4.79 Å². The van der Waals surface area contributed by atoms with Crippen LogP contribution in [0.25, 0.3) is 6.08 Å². The Labute approximate surface area is 130 Å². The Bertz CT molecular complexity index is 646. The number of rotatable bonds is 6. The molecule has 112 valence electrons. The van der Waals surface area contributed by atoms with E-state index in [1.807, 2.05) is 67.6 Å². The molecule has 0 aromatic heterocycles.